The molecule has 0 amide bonds. The quantitative estimate of drug-likeness (QED) is 0.764. The Hall–Kier alpha value is -1.42. The Morgan fingerprint density at radius 2 is 2.31 bits per heavy atom. The summed E-state index contributed by atoms with van der Waals surface area (Å²) in [6, 6.07) is 2.34. The van der Waals surface area contributed by atoms with E-state index in [1.807, 2.05) is 12.3 Å². The van der Waals surface area contributed by atoms with E-state index in [2.05, 4.69) is 21.9 Å². The Morgan fingerprint density at radius 1 is 1.44 bits per heavy atom. The van der Waals surface area contributed by atoms with Gasteiger partial charge in [0.1, 0.15) is 5.82 Å². The van der Waals surface area contributed by atoms with Gasteiger partial charge in [-0.2, -0.15) is 0 Å². The van der Waals surface area contributed by atoms with Crippen LogP contribution >= 0.6 is 0 Å². The number of H-pyrrole nitrogens is 1. The average Bonchev–Trinajstić information content (AvgIpc) is 2.84. The fraction of sp³-hybridized carbons (Fsp3) is 0.500. The third-order valence-electron chi connectivity index (χ3n) is 3.48. The van der Waals surface area contributed by atoms with Crippen LogP contribution in [0, 0.1) is 6.92 Å². The molecule has 1 fully saturated rings. The topological polar surface area (TPSA) is 67.6 Å². The van der Waals surface area contributed by atoms with Crippen LogP contribution in [0.2, 0.25) is 0 Å². The highest BCUT2D eigenvalue weighted by Gasteiger charge is 2.25. The number of nitrogens with zero attached hydrogens (tertiary/aromatic N) is 2. The average molecular weight is 216 g/mol. The fourth-order valence-corrected chi connectivity index (χ4v) is 2.51. The van der Waals surface area contributed by atoms with Gasteiger partial charge in [-0.25, -0.2) is 9.97 Å². The van der Waals surface area contributed by atoms with Gasteiger partial charge >= 0.3 is 0 Å². The second-order valence-corrected chi connectivity index (χ2v) is 4.72. The Morgan fingerprint density at radius 3 is 3.00 bits per heavy atom. The molecule has 1 aliphatic carbocycles. The lowest BCUT2D eigenvalue weighted by molar-refractivity contribution is 0.651. The smallest absolute Gasteiger partial charge is 0.177 e. The minimum Gasteiger partial charge on any atom is -0.340 e. The maximum atomic E-state index is 5.93. The lowest BCUT2D eigenvalue weighted by atomic mass is 10.1. The molecule has 2 aromatic heterocycles. The van der Waals surface area contributed by atoms with Gasteiger partial charge in [0, 0.05) is 18.2 Å². The predicted octanol–water partition coefficient (Wildman–Crippen LogP) is 1.86. The second-order valence-electron chi connectivity index (χ2n) is 4.72. The summed E-state index contributed by atoms with van der Waals surface area (Å²) in [5.74, 6) is 1.55. The number of nitrogens with two attached hydrogens (primary N) is 1. The highest BCUT2D eigenvalue weighted by atomic mass is 15.0. The summed E-state index contributed by atoms with van der Waals surface area (Å²) in [5, 5.41) is 0. The Kier molecular flexibility index (Phi) is 2.17. The number of nitrogens with one attached hydrogen (secondary N) is 1. The van der Waals surface area contributed by atoms with Crippen molar-refractivity contribution in [2.24, 2.45) is 5.73 Å². The van der Waals surface area contributed by atoms with Crippen LogP contribution in [0.5, 0.6) is 0 Å². The molecule has 0 aliphatic heterocycles. The van der Waals surface area contributed by atoms with Crippen molar-refractivity contribution in [3.63, 3.8) is 0 Å². The molecule has 1 aliphatic rings. The number of aromatic amines is 1. The van der Waals surface area contributed by atoms with Crippen molar-refractivity contribution in [2.75, 3.05) is 0 Å². The van der Waals surface area contributed by atoms with Crippen molar-refractivity contribution in [1.29, 1.82) is 0 Å². The summed E-state index contributed by atoms with van der Waals surface area (Å²) in [4.78, 5) is 12.2. The highest BCUT2D eigenvalue weighted by molar-refractivity contribution is 5.74. The van der Waals surface area contributed by atoms with Gasteiger partial charge in [0.05, 0.1) is 5.52 Å². The van der Waals surface area contributed by atoms with Gasteiger partial charge in [-0.3, -0.25) is 0 Å². The first-order valence-corrected chi connectivity index (χ1v) is 5.81. The van der Waals surface area contributed by atoms with Crippen molar-refractivity contribution >= 4 is 11.2 Å². The number of fused-ring (bicyclic) bond motifs is 1. The maximum absolute atomic E-state index is 5.93. The number of aromatic nitrogens is 3. The number of imidazole rings is 1. The normalized spacial score (nSPS) is 25.4. The predicted molar refractivity (Wildman–Crippen MR) is 63.2 cm³/mol. The minimum atomic E-state index is 0.340. The molecule has 2 atom stereocenters. The van der Waals surface area contributed by atoms with Crippen LogP contribution in [0.15, 0.2) is 12.3 Å². The minimum absolute atomic E-state index is 0.340. The number of rotatable bonds is 1. The van der Waals surface area contributed by atoms with Crippen LogP contribution in [0.1, 0.15) is 36.6 Å². The van der Waals surface area contributed by atoms with E-state index in [0.29, 0.717) is 12.0 Å². The fourth-order valence-electron chi connectivity index (χ4n) is 2.51. The van der Waals surface area contributed by atoms with E-state index in [-0.39, 0.29) is 0 Å². The first-order chi connectivity index (χ1) is 7.74. The van der Waals surface area contributed by atoms with E-state index < -0.39 is 0 Å². The van der Waals surface area contributed by atoms with E-state index in [1.165, 1.54) is 5.56 Å². The molecule has 0 saturated heterocycles. The molecular formula is C12H16N4. The maximum Gasteiger partial charge on any atom is 0.177 e. The SMILES string of the molecule is Cc1ccnc2nc(C3CCC(N)C3)[nH]c12. The van der Waals surface area contributed by atoms with E-state index in [1.54, 1.807) is 0 Å². The Bertz CT molecular complexity index is 517. The molecule has 3 N–H and O–H groups in total. The standard InChI is InChI=1S/C12H16N4/c1-7-4-5-14-12-10(7)15-11(16-12)8-2-3-9(13)6-8/h4-5,8-9H,2-3,6,13H2,1H3,(H,14,15,16). The molecule has 16 heavy (non-hydrogen) atoms. The molecule has 2 heterocycles. The molecule has 4 nitrogen and oxygen atoms in total. The summed E-state index contributed by atoms with van der Waals surface area (Å²) >= 11 is 0. The van der Waals surface area contributed by atoms with Gasteiger partial charge in [0.2, 0.25) is 0 Å². The Balaban J connectivity index is 2.02. The van der Waals surface area contributed by atoms with E-state index in [4.69, 9.17) is 5.73 Å². The van der Waals surface area contributed by atoms with Crippen molar-refractivity contribution < 1.29 is 0 Å². The first kappa shape index (κ1) is 9.78. The molecule has 0 spiro atoms. The van der Waals surface area contributed by atoms with E-state index in [0.717, 1.165) is 36.3 Å². The summed E-state index contributed by atoms with van der Waals surface area (Å²) in [6.07, 6.45) is 5.09. The Labute approximate surface area is 94.3 Å². The van der Waals surface area contributed by atoms with Crippen molar-refractivity contribution in [3.8, 4) is 0 Å². The van der Waals surface area contributed by atoms with Gasteiger partial charge in [-0.05, 0) is 37.8 Å². The van der Waals surface area contributed by atoms with Crippen LogP contribution in [0.3, 0.4) is 0 Å². The van der Waals surface area contributed by atoms with E-state index in [9.17, 15) is 0 Å². The largest absolute Gasteiger partial charge is 0.340 e. The van der Waals surface area contributed by atoms with Crippen LogP contribution in [0.4, 0.5) is 0 Å². The molecular weight excluding hydrogens is 200 g/mol. The number of hydrogen-bond acceptors (Lipinski definition) is 3. The van der Waals surface area contributed by atoms with Gasteiger partial charge < -0.3 is 10.7 Å². The zero-order valence-corrected chi connectivity index (χ0v) is 9.40. The summed E-state index contributed by atoms with van der Waals surface area (Å²) in [6.45, 7) is 2.08. The van der Waals surface area contributed by atoms with Gasteiger partial charge in [-0.1, -0.05) is 0 Å². The lowest BCUT2D eigenvalue weighted by Crippen LogP contribution is -2.14. The monoisotopic (exact) mass is 216 g/mol. The third kappa shape index (κ3) is 1.50. The summed E-state index contributed by atoms with van der Waals surface area (Å²) < 4.78 is 0. The molecule has 0 bridgehead atoms. The molecule has 84 valence electrons. The molecule has 2 unspecified atom stereocenters. The van der Waals surface area contributed by atoms with Crippen LogP contribution in [0.25, 0.3) is 11.2 Å². The van der Waals surface area contributed by atoms with Crippen LogP contribution in [-0.2, 0) is 0 Å². The zero-order chi connectivity index (χ0) is 11.1. The summed E-state index contributed by atoms with van der Waals surface area (Å²) in [7, 11) is 0. The van der Waals surface area contributed by atoms with Gasteiger partial charge in [0.15, 0.2) is 5.65 Å². The molecule has 0 radical (unpaired) electrons. The van der Waals surface area contributed by atoms with Crippen LogP contribution < -0.4 is 5.73 Å². The highest BCUT2D eigenvalue weighted by Crippen LogP contribution is 2.32. The van der Waals surface area contributed by atoms with Crippen molar-refractivity contribution in [3.05, 3.63) is 23.7 Å². The molecule has 4 heteroatoms. The van der Waals surface area contributed by atoms with Gasteiger partial charge in [-0.15, -0.1) is 0 Å². The number of aryl methyl sites for hydroxylation is 1. The molecule has 1 saturated carbocycles. The third-order valence-corrected chi connectivity index (χ3v) is 3.48. The number of hydrogen-bond donors (Lipinski definition) is 2. The van der Waals surface area contributed by atoms with Crippen molar-refractivity contribution in [2.45, 2.75) is 38.1 Å². The molecule has 0 aromatic carbocycles. The first-order valence-electron chi connectivity index (χ1n) is 5.81. The van der Waals surface area contributed by atoms with E-state index >= 15 is 0 Å². The lowest BCUT2D eigenvalue weighted by Gasteiger charge is -2.04. The van der Waals surface area contributed by atoms with Gasteiger partial charge in [0.25, 0.3) is 0 Å². The summed E-state index contributed by atoms with van der Waals surface area (Å²) in [5.41, 5.74) is 9.03. The second kappa shape index (κ2) is 3.56. The molecule has 3 rings (SSSR count). The van der Waals surface area contributed by atoms with Crippen LogP contribution in [-0.4, -0.2) is 21.0 Å². The molecule has 2 aromatic rings. The van der Waals surface area contributed by atoms with Crippen molar-refractivity contribution in [1.82, 2.24) is 15.0 Å². The number of pyridine rings is 1. The zero-order valence-electron chi connectivity index (χ0n) is 9.40.